The van der Waals surface area contributed by atoms with Crippen molar-refractivity contribution < 1.29 is 14.3 Å². The summed E-state index contributed by atoms with van der Waals surface area (Å²) in [7, 11) is 0. The van der Waals surface area contributed by atoms with Crippen LogP contribution >= 0.6 is 11.6 Å². The molecule has 0 aliphatic heterocycles. The summed E-state index contributed by atoms with van der Waals surface area (Å²) in [6, 6.07) is 14.4. The molecule has 5 heteroatoms. The molecule has 128 valence electrons. The van der Waals surface area contributed by atoms with Gasteiger partial charge in [0.15, 0.2) is 0 Å². The minimum absolute atomic E-state index is 0.0145. The summed E-state index contributed by atoms with van der Waals surface area (Å²) in [6.45, 7) is 6.09. The molecule has 2 aromatic carbocycles. The average Bonchev–Trinajstić information content (AvgIpc) is 2.60. The molecule has 0 radical (unpaired) electrons. The fraction of sp³-hybridized carbons (Fsp3) is 0.316. The van der Waals surface area contributed by atoms with E-state index in [-0.39, 0.29) is 5.91 Å². The molecule has 4 nitrogen and oxygen atoms in total. The molecule has 0 N–H and O–H groups in total. The lowest BCUT2D eigenvalue weighted by molar-refractivity contribution is 0.0772. The Kier molecular flexibility index (Phi) is 6.94. The summed E-state index contributed by atoms with van der Waals surface area (Å²) in [5.41, 5.74) is 0.631. The summed E-state index contributed by atoms with van der Waals surface area (Å²) < 4.78 is 11.2. The Morgan fingerprint density at radius 1 is 0.958 bits per heavy atom. The summed E-state index contributed by atoms with van der Waals surface area (Å²) >= 11 is 5.90. The van der Waals surface area contributed by atoms with E-state index in [0.29, 0.717) is 48.4 Å². The van der Waals surface area contributed by atoms with Crippen molar-refractivity contribution in [2.45, 2.75) is 13.8 Å². The minimum Gasteiger partial charge on any atom is -0.490 e. The van der Waals surface area contributed by atoms with E-state index in [0.717, 1.165) is 0 Å². The zero-order valence-corrected chi connectivity index (χ0v) is 14.8. The molecule has 0 unspecified atom stereocenters. The van der Waals surface area contributed by atoms with Crippen LogP contribution < -0.4 is 9.47 Å². The van der Waals surface area contributed by atoms with Crippen LogP contribution in [-0.4, -0.2) is 37.1 Å². The Labute approximate surface area is 147 Å². The fourth-order valence-corrected chi connectivity index (χ4v) is 2.47. The second kappa shape index (κ2) is 9.18. The van der Waals surface area contributed by atoms with Gasteiger partial charge in [-0.2, -0.15) is 0 Å². The van der Waals surface area contributed by atoms with Gasteiger partial charge in [0.1, 0.15) is 24.7 Å². The number of halogens is 1. The number of ether oxygens (including phenoxy) is 2. The predicted octanol–water partition coefficient (Wildman–Crippen LogP) is 4.28. The monoisotopic (exact) mass is 347 g/mol. The van der Waals surface area contributed by atoms with Gasteiger partial charge in [-0.15, -0.1) is 0 Å². The molecule has 2 rings (SSSR count). The summed E-state index contributed by atoms with van der Waals surface area (Å²) in [5.74, 6) is 1.37. The third kappa shape index (κ3) is 5.17. The number of rotatable bonds is 8. The summed E-state index contributed by atoms with van der Waals surface area (Å²) in [6.07, 6.45) is 0. The first-order valence-corrected chi connectivity index (χ1v) is 8.42. The van der Waals surface area contributed by atoms with Crippen LogP contribution in [0.5, 0.6) is 11.5 Å². The van der Waals surface area contributed by atoms with Gasteiger partial charge in [-0.25, -0.2) is 0 Å². The normalized spacial score (nSPS) is 10.3. The predicted molar refractivity (Wildman–Crippen MR) is 96.1 cm³/mol. The van der Waals surface area contributed by atoms with Crippen LogP contribution in [-0.2, 0) is 0 Å². The Hall–Kier alpha value is -2.20. The van der Waals surface area contributed by atoms with Gasteiger partial charge in [0, 0.05) is 23.7 Å². The number of hydrogen-bond acceptors (Lipinski definition) is 3. The third-order valence-electron chi connectivity index (χ3n) is 3.55. The van der Waals surface area contributed by atoms with Crippen LogP contribution in [0.25, 0.3) is 0 Å². The molecule has 0 heterocycles. The quantitative estimate of drug-likeness (QED) is 0.669. The second-order valence-electron chi connectivity index (χ2n) is 5.16. The molecule has 2 aromatic rings. The number of carbonyl (C=O) groups excluding carboxylic acids is 1. The van der Waals surface area contributed by atoms with E-state index in [4.69, 9.17) is 21.1 Å². The number of nitrogens with zero attached hydrogens (tertiary/aromatic N) is 1. The van der Waals surface area contributed by atoms with Gasteiger partial charge in [-0.1, -0.05) is 23.7 Å². The Balaban J connectivity index is 1.87. The molecule has 0 atom stereocenters. The lowest BCUT2D eigenvalue weighted by Gasteiger charge is -2.19. The summed E-state index contributed by atoms with van der Waals surface area (Å²) in [4.78, 5) is 14.1. The van der Waals surface area contributed by atoms with E-state index in [1.165, 1.54) is 0 Å². The van der Waals surface area contributed by atoms with Gasteiger partial charge in [-0.05, 0) is 50.2 Å². The molecule has 0 fully saturated rings. The van der Waals surface area contributed by atoms with Gasteiger partial charge in [0.05, 0.1) is 0 Å². The van der Waals surface area contributed by atoms with Crippen LogP contribution in [0.4, 0.5) is 0 Å². The highest BCUT2D eigenvalue weighted by Crippen LogP contribution is 2.18. The number of carbonyl (C=O) groups is 1. The Morgan fingerprint density at radius 3 is 2.12 bits per heavy atom. The first-order chi connectivity index (χ1) is 11.6. The smallest absolute Gasteiger partial charge is 0.253 e. The van der Waals surface area contributed by atoms with Crippen LogP contribution in [0.15, 0.2) is 48.5 Å². The SMILES string of the molecule is CCN(CC)C(=O)c1cccc(OCCOc2cccc(Cl)c2)c1. The highest BCUT2D eigenvalue weighted by atomic mass is 35.5. The highest BCUT2D eigenvalue weighted by molar-refractivity contribution is 6.30. The molecule has 0 aliphatic rings. The van der Waals surface area contributed by atoms with Crippen LogP contribution in [0.1, 0.15) is 24.2 Å². The van der Waals surface area contributed by atoms with Crippen molar-refractivity contribution in [1.82, 2.24) is 4.90 Å². The molecule has 0 aliphatic carbocycles. The Morgan fingerprint density at radius 2 is 1.54 bits per heavy atom. The van der Waals surface area contributed by atoms with Gasteiger partial charge in [-0.3, -0.25) is 4.79 Å². The van der Waals surface area contributed by atoms with E-state index in [2.05, 4.69) is 0 Å². The average molecular weight is 348 g/mol. The first-order valence-electron chi connectivity index (χ1n) is 8.04. The third-order valence-corrected chi connectivity index (χ3v) is 3.78. The standard InChI is InChI=1S/C19H22ClNO3/c1-3-21(4-2)19(22)15-7-5-9-17(13-15)23-11-12-24-18-10-6-8-16(20)14-18/h5-10,13-14H,3-4,11-12H2,1-2H3. The summed E-state index contributed by atoms with van der Waals surface area (Å²) in [5, 5.41) is 0.635. The van der Waals surface area contributed by atoms with Crippen LogP contribution in [0.3, 0.4) is 0 Å². The molecule has 24 heavy (non-hydrogen) atoms. The molecule has 0 bridgehead atoms. The van der Waals surface area contributed by atoms with E-state index < -0.39 is 0 Å². The zero-order chi connectivity index (χ0) is 17.4. The molecular formula is C19H22ClNO3. The highest BCUT2D eigenvalue weighted by Gasteiger charge is 2.12. The van der Waals surface area contributed by atoms with Crippen molar-refractivity contribution in [2.75, 3.05) is 26.3 Å². The lowest BCUT2D eigenvalue weighted by atomic mass is 10.2. The van der Waals surface area contributed by atoms with Crippen molar-refractivity contribution in [3.8, 4) is 11.5 Å². The van der Waals surface area contributed by atoms with Gasteiger partial charge in [0.25, 0.3) is 5.91 Å². The maximum atomic E-state index is 12.3. The molecular weight excluding hydrogens is 326 g/mol. The molecule has 1 amide bonds. The van der Waals surface area contributed by atoms with E-state index in [1.54, 1.807) is 29.2 Å². The zero-order valence-electron chi connectivity index (χ0n) is 14.0. The Bertz CT molecular complexity index is 671. The maximum Gasteiger partial charge on any atom is 0.253 e. The first kappa shape index (κ1) is 18.1. The molecule has 0 spiro atoms. The number of amides is 1. The molecule has 0 saturated carbocycles. The topological polar surface area (TPSA) is 38.8 Å². The van der Waals surface area contributed by atoms with E-state index in [9.17, 15) is 4.79 Å². The van der Waals surface area contributed by atoms with Crippen LogP contribution in [0.2, 0.25) is 5.02 Å². The van der Waals surface area contributed by atoms with Gasteiger partial charge in [0.2, 0.25) is 0 Å². The lowest BCUT2D eigenvalue weighted by Crippen LogP contribution is -2.30. The number of hydrogen-bond donors (Lipinski definition) is 0. The van der Waals surface area contributed by atoms with E-state index in [1.807, 2.05) is 38.1 Å². The van der Waals surface area contributed by atoms with E-state index >= 15 is 0 Å². The van der Waals surface area contributed by atoms with Crippen molar-refractivity contribution in [3.63, 3.8) is 0 Å². The molecule has 0 saturated heterocycles. The molecule has 0 aromatic heterocycles. The van der Waals surface area contributed by atoms with Crippen molar-refractivity contribution in [2.24, 2.45) is 0 Å². The minimum atomic E-state index is 0.0145. The largest absolute Gasteiger partial charge is 0.490 e. The van der Waals surface area contributed by atoms with Gasteiger partial charge < -0.3 is 14.4 Å². The second-order valence-corrected chi connectivity index (χ2v) is 5.60. The van der Waals surface area contributed by atoms with Crippen molar-refractivity contribution in [1.29, 1.82) is 0 Å². The number of benzene rings is 2. The maximum absolute atomic E-state index is 12.3. The van der Waals surface area contributed by atoms with Crippen molar-refractivity contribution >= 4 is 17.5 Å². The fourth-order valence-electron chi connectivity index (χ4n) is 2.29. The van der Waals surface area contributed by atoms with Crippen molar-refractivity contribution in [3.05, 3.63) is 59.1 Å². The van der Waals surface area contributed by atoms with Gasteiger partial charge >= 0.3 is 0 Å². The van der Waals surface area contributed by atoms with Crippen LogP contribution in [0, 0.1) is 0 Å².